The van der Waals surface area contributed by atoms with Crippen molar-refractivity contribution < 1.29 is 4.79 Å². The van der Waals surface area contributed by atoms with E-state index in [0.717, 1.165) is 10.2 Å². The maximum absolute atomic E-state index is 12.0. The predicted octanol–water partition coefficient (Wildman–Crippen LogP) is 3.64. The SMILES string of the molecule is Cc1nc(NC(=O)c2cc(N)cc(Cl)c2)ccc1Br. The third-order valence-electron chi connectivity index (χ3n) is 2.45. The van der Waals surface area contributed by atoms with Crippen LogP contribution in [0.5, 0.6) is 0 Å². The van der Waals surface area contributed by atoms with Gasteiger partial charge in [0.05, 0.1) is 5.69 Å². The Labute approximate surface area is 124 Å². The van der Waals surface area contributed by atoms with Crippen LogP contribution in [0.1, 0.15) is 16.1 Å². The molecule has 0 saturated carbocycles. The van der Waals surface area contributed by atoms with Crippen molar-refractivity contribution in [3.05, 3.63) is 51.1 Å². The molecular formula is C13H11BrClN3O. The van der Waals surface area contributed by atoms with E-state index in [1.54, 1.807) is 24.3 Å². The largest absolute Gasteiger partial charge is 0.399 e. The second-order valence-corrected chi connectivity index (χ2v) is 5.28. The van der Waals surface area contributed by atoms with Gasteiger partial charge >= 0.3 is 0 Å². The molecule has 0 aliphatic rings. The van der Waals surface area contributed by atoms with Gasteiger partial charge in [-0.25, -0.2) is 4.98 Å². The molecule has 0 saturated heterocycles. The molecule has 0 unspecified atom stereocenters. The van der Waals surface area contributed by atoms with E-state index in [4.69, 9.17) is 17.3 Å². The smallest absolute Gasteiger partial charge is 0.256 e. The fourth-order valence-electron chi connectivity index (χ4n) is 1.55. The van der Waals surface area contributed by atoms with E-state index >= 15 is 0 Å². The first-order valence-corrected chi connectivity index (χ1v) is 6.63. The lowest BCUT2D eigenvalue weighted by Gasteiger charge is -2.07. The number of nitrogens with one attached hydrogen (secondary N) is 1. The van der Waals surface area contributed by atoms with Crippen LogP contribution in [0.4, 0.5) is 11.5 Å². The summed E-state index contributed by atoms with van der Waals surface area (Å²) in [5.41, 5.74) is 7.28. The van der Waals surface area contributed by atoms with Crippen LogP contribution in [0.25, 0.3) is 0 Å². The molecule has 0 aliphatic carbocycles. The van der Waals surface area contributed by atoms with Crippen molar-refractivity contribution in [3.8, 4) is 0 Å². The van der Waals surface area contributed by atoms with Gasteiger partial charge in [0.15, 0.2) is 0 Å². The molecule has 0 spiro atoms. The van der Waals surface area contributed by atoms with Crippen LogP contribution in [0.2, 0.25) is 5.02 Å². The van der Waals surface area contributed by atoms with Crippen molar-refractivity contribution in [2.45, 2.75) is 6.92 Å². The number of rotatable bonds is 2. The van der Waals surface area contributed by atoms with Crippen molar-refractivity contribution in [1.82, 2.24) is 4.98 Å². The van der Waals surface area contributed by atoms with Crippen molar-refractivity contribution >= 4 is 44.9 Å². The highest BCUT2D eigenvalue weighted by atomic mass is 79.9. The number of anilines is 2. The first kappa shape index (κ1) is 13.8. The summed E-state index contributed by atoms with van der Waals surface area (Å²) in [4.78, 5) is 16.3. The number of carbonyl (C=O) groups is 1. The minimum absolute atomic E-state index is 0.302. The number of nitrogen functional groups attached to an aromatic ring is 1. The van der Waals surface area contributed by atoms with E-state index in [1.807, 2.05) is 13.0 Å². The van der Waals surface area contributed by atoms with Gasteiger partial charge in [0, 0.05) is 20.7 Å². The van der Waals surface area contributed by atoms with Gasteiger partial charge in [-0.1, -0.05) is 11.6 Å². The molecule has 0 fully saturated rings. The Hall–Kier alpha value is -1.59. The quantitative estimate of drug-likeness (QED) is 0.820. The maximum atomic E-state index is 12.0. The highest BCUT2D eigenvalue weighted by Crippen LogP contribution is 2.19. The summed E-state index contributed by atoms with van der Waals surface area (Å²) >= 11 is 9.21. The third kappa shape index (κ3) is 3.45. The monoisotopic (exact) mass is 339 g/mol. The highest BCUT2D eigenvalue weighted by Gasteiger charge is 2.09. The summed E-state index contributed by atoms with van der Waals surface area (Å²) in [6.07, 6.45) is 0. The van der Waals surface area contributed by atoms with Crippen LogP contribution in [-0.2, 0) is 0 Å². The van der Waals surface area contributed by atoms with Crippen LogP contribution < -0.4 is 11.1 Å². The normalized spacial score (nSPS) is 10.3. The number of carbonyl (C=O) groups excluding carboxylic acids is 1. The minimum atomic E-state index is -0.302. The van der Waals surface area contributed by atoms with Gasteiger partial charge in [0.2, 0.25) is 0 Å². The zero-order valence-corrected chi connectivity index (χ0v) is 12.4. The number of hydrogen-bond donors (Lipinski definition) is 2. The van der Waals surface area contributed by atoms with Gasteiger partial charge in [0.1, 0.15) is 5.82 Å². The Bertz CT molecular complexity index is 626. The number of hydrogen-bond acceptors (Lipinski definition) is 3. The molecule has 0 bridgehead atoms. The molecule has 1 aromatic carbocycles. The maximum Gasteiger partial charge on any atom is 0.256 e. The molecule has 0 aliphatic heterocycles. The number of benzene rings is 1. The van der Waals surface area contributed by atoms with Gasteiger partial charge < -0.3 is 11.1 Å². The summed E-state index contributed by atoms with van der Waals surface area (Å²) in [6, 6.07) is 8.24. The number of nitrogens with two attached hydrogens (primary N) is 1. The zero-order chi connectivity index (χ0) is 14.0. The summed E-state index contributed by atoms with van der Waals surface area (Å²) in [7, 11) is 0. The lowest BCUT2D eigenvalue weighted by atomic mass is 10.2. The molecule has 6 heteroatoms. The van der Waals surface area contributed by atoms with E-state index in [2.05, 4.69) is 26.2 Å². The molecule has 4 nitrogen and oxygen atoms in total. The van der Waals surface area contributed by atoms with Crippen LogP contribution in [-0.4, -0.2) is 10.9 Å². The number of pyridine rings is 1. The van der Waals surface area contributed by atoms with Gasteiger partial charge in [-0.05, 0) is 53.2 Å². The molecule has 19 heavy (non-hydrogen) atoms. The Kier molecular flexibility index (Phi) is 4.07. The number of nitrogens with zero attached hydrogens (tertiary/aromatic N) is 1. The van der Waals surface area contributed by atoms with Crippen molar-refractivity contribution in [2.24, 2.45) is 0 Å². The van der Waals surface area contributed by atoms with Gasteiger partial charge in [-0.15, -0.1) is 0 Å². The number of aromatic nitrogens is 1. The van der Waals surface area contributed by atoms with Crippen LogP contribution in [0, 0.1) is 6.92 Å². The van der Waals surface area contributed by atoms with Gasteiger partial charge in [-0.3, -0.25) is 4.79 Å². The van der Waals surface area contributed by atoms with E-state index in [0.29, 0.717) is 22.1 Å². The highest BCUT2D eigenvalue weighted by molar-refractivity contribution is 9.10. The van der Waals surface area contributed by atoms with Crippen LogP contribution in [0.15, 0.2) is 34.8 Å². The Morgan fingerprint density at radius 1 is 1.37 bits per heavy atom. The Morgan fingerprint density at radius 2 is 2.11 bits per heavy atom. The van der Waals surface area contributed by atoms with E-state index in [-0.39, 0.29) is 5.91 Å². The molecule has 0 radical (unpaired) electrons. The average Bonchev–Trinajstić information content (AvgIpc) is 2.32. The molecular weight excluding hydrogens is 330 g/mol. The number of halogens is 2. The Balaban J connectivity index is 2.22. The van der Waals surface area contributed by atoms with Crippen LogP contribution in [0.3, 0.4) is 0 Å². The molecule has 1 aromatic heterocycles. The van der Waals surface area contributed by atoms with Crippen molar-refractivity contribution in [2.75, 3.05) is 11.1 Å². The lowest BCUT2D eigenvalue weighted by molar-refractivity contribution is 0.102. The van der Waals surface area contributed by atoms with Gasteiger partial charge in [-0.2, -0.15) is 0 Å². The first-order chi connectivity index (χ1) is 8.95. The topological polar surface area (TPSA) is 68.0 Å². The molecule has 1 amide bonds. The molecule has 3 N–H and O–H groups in total. The molecule has 1 heterocycles. The fourth-order valence-corrected chi connectivity index (χ4v) is 2.01. The third-order valence-corrected chi connectivity index (χ3v) is 3.50. The standard InChI is InChI=1S/C13H11BrClN3O/c1-7-11(14)2-3-12(17-7)18-13(19)8-4-9(15)6-10(16)5-8/h2-6H,16H2,1H3,(H,17,18,19). The first-order valence-electron chi connectivity index (χ1n) is 5.46. The number of amides is 1. The summed E-state index contributed by atoms with van der Waals surface area (Å²) in [5, 5.41) is 3.12. The van der Waals surface area contributed by atoms with E-state index in [9.17, 15) is 4.79 Å². The van der Waals surface area contributed by atoms with Crippen molar-refractivity contribution in [1.29, 1.82) is 0 Å². The molecule has 2 aromatic rings. The second kappa shape index (κ2) is 5.59. The predicted molar refractivity (Wildman–Crippen MR) is 80.5 cm³/mol. The summed E-state index contributed by atoms with van der Waals surface area (Å²) in [6.45, 7) is 1.84. The summed E-state index contributed by atoms with van der Waals surface area (Å²) in [5.74, 6) is 0.174. The van der Waals surface area contributed by atoms with E-state index < -0.39 is 0 Å². The number of aryl methyl sites for hydroxylation is 1. The second-order valence-electron chi connectivity index (χ2n) is 3.99. The zero-order valence-electron chi connectivity index (χ0n) is 10.1. The lowest BCUT2D eigenvalue weighted by Crippen LogP contribution is -2.13. The molecule has 98 valence electrons. The molecule has 0 atom stereocenters. The summed E-state index contributed by atoms with van der Waals surface area (Å²) < 4.78 is 0.887. The average molecular weight is 341 g/mol. The minimum Gasteiger partial charge on any atom is -0.399 e. The Morgan fingerprint density at radius 3 is 2.74 bits per heavy atom. The van der Waals surface area contributed by atoms with Crippen LogP contribution >= 0.6 is 27.5 Å². The fraction of sp³-hybridized carbons (Fsp3) is 0.0769. The van der Waals surface area contributed by atoms with E-state index in [1.165, 1.54) is 0 Å². The van der Waals surface area contributed by atoms with Crippen molar-refractivity contribution in [3.63, 3.8) is 0 Å². The van der Waals surface area contributed by atoms with Gasteiger partial charge in [0.25, 0.3) is 5.91 Å². The molecule has 2 rings (SSSR count).